The number of rotatable bonds is 4. The second kappa shape index (κ2) is 8.99. The van der Waals surface area contributed by atoms with Gasteiger partial charge in [0.15, 0.2) is 0 Å². The molecule has 2 aliphatic heterocycles. The molecule has 6 heteroatoms. The van der Waals surface area contributed by atoms with E-state index in [1.165, 1.54) is 12.8 Å². The van der Waals surface area contributed by atoms with Crippen molar-refractivity contribution in [3.05, 3.63) is 35.6 Å². The van der Waals surface area contributed by atoms with Crippen LogP contribution in [0.4, 0.5) is 0 Å². The molecule has 3 heterocycles. The Bertz CT molecular complexity index is 859. The molecule has 1 aromatic heterocycles. The number of furan rings is 1. The van der Waals surface area contributed by atoms with Crippen LogP contribution < -0.4 is 0 Å². The first-order valence-corrected chi connectivity index (χ1v) is 10.8. The van der Waals surface area contributed by atoms with Gasteiger partial charge in [0.1, 0.15) is 5.58 Å². The number of piperazine rings is 1. The van der Waals surface area contributed by atoms with Crippen LogP contribution in [0.5, 0.6) is 0 Å². The third kappa shape index (κ3) is 4.81. The summed E-state index contributed by atoms with van der Waals surface area (Å²) in [5.74, 6) is 0.374. The molecule has 0 atom stereocenters. The summed E-state index contributed by atoms with van der Waals surface area (Å²) in [4.78, 5) is 31.5. The Kier molecular flexibility index (Phi) is 6.19. The van der Waals surface area contributed by atoms with Gasteiger partial charge in [-0.1, -0.05) is 25.0 Å². The van der Waals surface area contributed by atoms with Gasteiger partial charge in [-0.15, -0.1) is 0 Å². The lowest BCUT2D eigenvalue weighted by molar-refractivity contribution is -0.134. The van der Waals surface area contributed by atoms with Gasteiger partial charge in [-0.3, -0.25) is 14.5 Å². The van der Waals surface area contributed by atoms with Gasteiger partial charge in [-0.2, -0.15) is 0 Å². The van der Waals surface area contributed by atoms with Crippen LogP contribution in [-0.4, -0.2) is 72.3 Å². The summed E-state index contributed by atoms with van der Waals surface area (Å²) >= 11 is 0. The highest BCUT2D eigenvalue weighted by Gasteiger charge is 2.25. The summed E-state index contributed by atoms with van der Waals surface area (Å²) < 4.78 is 5.62. The number of amides is 2. The van der Waals surface area contributed by atoms with E-state index in [-0.39, 0.29) is 11.8 Å². The largest absolute Gasteiger partial charge is 0.464 e. The molecule has 0 radical (unpaired) electrons. The Morgan fingerprint density at radius 2 is 1.59 bits per heavy atom. The van der Waals surface area contributed by atoms with Crippen molar-refractivity contribution in [3.63, 3.8) is 0 Å². The van der Waals surface area contributed by atoms with Gasteiger partial charge < -0.3 is 14.2 Å². The number of nitrogens with zero attached hydrogens (tertiary/aromatic N) is 3. The highest BCUT2D eigenvalue weighted by Crippen LogP contribution is 2.23. The van der Waals surface area contributed by atoms with E-state index in [4.69, 9.17) is 4.42 Å². The molecule has 6 nitrogen and oxygen atoms in total. The Morgan fingerprint density at radius 3 is 2.31 bits per heavy atom. The maximum Gasteiger partial charge on any atom is 0.236 e. The van der Waals surface area contributed by atoms with Gasteiger partial charge in [-0.25, -0.2) is 0 Å². The number of carbonyl (C=O) groups excluding carboxylic acids is 2. The van der Waals surface area contributed by atoms with Crippen LogP contribution in [-0.2, 0) is 16.0 Å². The van der Waals surface area contributed by atoms with E-state index >= 15 is 0 Å². The van der Waals surface area contributed by atoms with Crippen LogP contribution in [0.2, 0.25) is 0 Å². The molecule has 2 saturated heterocycles. The predicted molar refractivity (Wildman–Crippen MR) is 113 cm³/mol. The zero-order valence-electron chi connectivity index (χ0n) is 17.4. The number of aryl methyl sites for hydroxylation is 1. The van der Waals surface area contributed by atoms with Crippen molar-refractivity contribution in [1.29, 1.82) is 0 Å². The van der Waals surface area contributed by atoms with Crippen LogP contribution in [0.3, 0.4) is 0 Å². The molecule has 1 aromatic carbocycles. The van der Waals surface area contributed by atoms with Crippen molar-refractivity contribution in [2.24, 2.45) is 0 Å². The molecular formula is C23H31N3O3. The fourth-order valence-corrected chi connectivity index (χ4v) is 4.37. The molecule has 2 aliphatic rings. The second-order valence-corrected chi connectivity index (χ2v) is 8.39. The van der Waals surface area contributed by atoms with E-state index in [0.29, 0.717) is 26.1 Å². The lowest BCUT2D eigenvalue weighted by Gasteiger charge is -2.35. The average molecular weight is 398 g/mol. The monoisotopic (exact) mass is 397 g/mol. The van der Waals surface area contributed by atoms with E-state index in [1.807, 2.05) is 34.9 Å². The van der Waals surface area contributed by atoms with Gasteiger partial charge in [0.25, 0.3) is 0 Å². The maximum absolute atomic E-state index is 12.8. The number of carbonyl (C=O) groups is 2. The fourth-order valence-electron chi connectivity index (χ4n) is 4.37. The van der Waals surface area contributed by atoms with Crippen LogP contribution >= 0.6 is 0 Å². The summed E-state index contributed by atoms with van der Waals surface area (Å²) in [5, 5.41) is 1.02. The topological polar surface area (TPSA) is 57.0 Å². The van der Waals surface area contributed by atoms with E-state index in [2.05, 4.69) is 4.90 Å². The summed E-state index contributed by atoms with van der Waals surface area (Å²) in [7, 11) is 0. The van der Waals surface area contributed by atoms with Crippen LogP contribution in [0.25, 0.3) is 11.0 Å². The molecule has 4 rings (SSSR count). The third-order valence-electron chi connectivity index (χ3n) is 6.20. The maximum atomic E-state index is 12.8. The zero-order chi connectivity index (χ0) is 20.2. The number of hydrogen-bond donors (Lipinski definition) is 0. The molecular weight excluding hydrogens is 366 g/mol. The van der Waals surface area contributed by atoms with Crippen LogP contribution in [0.15, 0.2) is 28.9 Å². The molecule has 156 valence electrons. The summed E-state index contributed by atoms with van der Waals surface area (Å²) in [6.07, 6.45) is 6.78. The summed E-state index contributed by atoms with van der Waals surface area (Å²) in [5.41, 5.74) is 2.93. The first-order chi connectivity index (χ1) is 14.1. The highest BCUT2D eigenvalue weighted by molar-refractivity contribution is 5.88. The first-order valence-electron chi connectivity index (χ1n) is 10.8. The van der Waals surface area contributed by atoms with Crippen molar-refractivity contribution in [1.82, 2.24) is 14.7 Å². The molecule has 0 aliphatic carbocycles. The summed E-state index contributed by atoms with van der Waals surface area (Å²) in [6.45, 7) is 7.19. The quantitative estimate of drug-likeness (QED) is 0.796. The highest BCUT2D eigenvalue weighted by atomic mass is 16.3. The SMILES string of the molecule is Cc1ccc2c(CC(=O)N3CCN(CC(=O)N4CCCCCC4)CC3)coc2c1. The molecule has 0 saturated carbocycles. The van der Waals surface area contributed by atoms with Gasteiger partial charge in [0, 0.05) is 50.2 Å². The smallest absolute Gasteiger partial charge is 0.236 e. The Hall–Kier alpha value is -2.34. The fraction of sp³-hybridized carbons (Fsp3) is 0.565. The standard InChI is InChI=1S/C23H31N3O3/c1-18-6-7-20-19(17-29-21(20)14-18)15-22(27)26-12-10-24(11-13-26)16-23(28)25-8-4-2-3-5-9-25/h6-7,14,17H,2-5,8-13,15-16H2,1H3. The van der Waals surface area contributed by atoms with Crippen molar-refractivity contribution < 1.29 is 14.0 Å². The summed E-state index contributed by atoms with van der Waals surface area (Å²) in [6, 6.07) is 6.08. The number of likely N-dealkylation sites (tertiary alicyclic amines) is 1. The molecule has 0 bridgehead atoms. The average Bonchev–Trinajstić information content (AvgIpc) is 2.92. The normalized spacial score (nSPS) is 18.8. The van der Waals surface area contributed by atoms with Crippen LogP contribution in [0.1, 0.15) is 36.8 Å². The van der Waals surface area contributed by atoms with Crippen molar-refractivity contribution in [3.8, 4) is 0 Å². The zero-order valence-corrected chi connectivity index (χ0v) is 17.4. The number of benzene rings is 1. The van der Waals surface area contributed by atoms with Crippen molar-refractivity contribution >= 4 is 22.8 Å². The predicted octanol–water partition coefficient (Wildman–Crippen LogP) is 2.83. The van der Waals surface area contributed by atoms with Gasteiger partial charge >= 0.3 is 0 Å². The van der Waals surface area contributed by atoms with Crippen molar-refractivity contribution in [2.45, 2.75) is 39.0 Å². The molecule has 2 aromatic rings. The minimum Gasteiger partial charge on any atom is -0.464 e. The lowest BCUT2D eigenvalue weighted by Crippen LogP contribution is -2.52. The lowest BCUT2D eigenvalue weighted by atomic mass is 10.1. The molecule has 0 N–H and O–H groups in total. The van der Waals surface area contributed by atoms with Crippen molar-refractivity contribution in [2.75, 3.05) is 45.8 Å². The number of hydrogen-bond acceptors (Lipinski definition) is 4. The van der Waals surface area contributed by atoms with Crippen LogP contribution in [0, 0.1) is 6.92 Å². The third-order valence-corrected chi connectivity index (χ3v) is 6.20. The van der Waals surface area contributed by atoms with E-state index in [0.717, 1.165) is 61.1 Å². The molecule has 29 heavy (non-hydrogen) atoms. The molecule has 2 fully saturated rings. The first kappa shape index (κ1) is 20.0. The van der Waals surface area contributed by atoms with Gasteiger partial charge in [0.05, 0.1) is 19.2 Å². The molecule has 0 unspecified atom stereocenters. The Morgan fingerprint density at radius 1 is 0.897 bits per heavy atom. The Balaban J connectivity index is 1.27. The number of fused-ring (bicyclic) bond motifs is 1. The minimum atomic E-state index is 0.131. The van der Waals surface area contributed by atoms with E-state index in [1.54, 1.807) is 6.26 Å². The van der Waals surface area contributed by atoms with E-state index in [9.17, 15) is 9.59 Å². The van der Waals surface area contributed by atoms with Gasteiger partial charge in [-0.05, 0) is 31.4 Å². The van der Waals surface area contributed by atoms with Gasteiger partial charge in [0.2, 0.25) is 11.8 Å². The Labute approximate surface area is 172 Å². The molecule has 2 amide bonds. The molecule has 0 spiro atoms. The minimum absolute atomic E-state index is 0.131. The second-order valence-electron chi connectivity index (χ2n) is 8.39. The van der Waals surface area contributed by atoms with E-state index < -0.39 is 0 Å².